The maximum atomic E-state index is 12.0. The topological polar surface area (TPSA) is 90.6 Å². The molecule has 6 heteroatoms. The molecule has 0 heterocycles. The largest absolute Gasteiger partial charge is 0.464 e. The number of amides is 1. The summed E-state index contributed by atoms with van der Waals surface area (Å²) in [4.78, 5) is 23.8. The fraction of sp³-hybridized carbons (Fsp3) is 0.867. The molecular weight excluding hydrogens is 272 g/mol. The molecule has 0 aromatic carbocycles. The van der Waals surface area contributed by atoms with Gasteiger partial charge in [0.05, 0.1) is 6.61 Å². The molecule has 0 saturated heterocycles. The van der Waals surface area contributed by atoms with Crippen LogP contribution in [0.4, 0.5) is 4.79 Å². The molecule has 0 aliphatic rings. The molecular formula is C15H30N2O4. The summed E-state index contributed by atoms with van der Waals surface area (Å²) in [5.41, 5.74) is 4.85. The van der Waals surface area contributed by atoms with Crippen LogP contribution in [0.3, 0.4) is 0 Å². The Morgan fingerprint density at radius 1 is 1.19 bits per heavy atom. The average Bonchev–Trinajstić information content (AvgIpc) is 2.35. The van der Waals surface area contributed by atoms with E-state index in [-0.39, 0.29) is 0 Å². The second kappa shape index (κ2) is 10.4. The molecule has 0 aromatic heterocycles. The predicted molar refractivity (Wildman–Crippen MR) is 81.9 cm³/mol. The Balaban J connectivity index is 4.43. The highest BCUT2D eigenvalue weighted by Crippen LogP contribution is 2.09. The molecule has 1 atom stereocenters. The van der Waals surface area contributed by atoms with Gasteiger partial charge in [-0.1, -0.05) is 13.3 Å². The molecule has 0 saturated carbocycles. The Bertz CT molecular complexity index is 313. The van der Waals surface area contributed by atoms with Gasteiger partial charge >= 0.3 is 12.1 Å². The number of carbonyl (C=O) groups is 2. The normalized spacial score (nSPS) is 12.6. The van der Waals surface area contributed by atoms with Crippen LogP contribution in [0.25, 0.3) is 0 Å². The first-order chi connectivity index (χ1) is 9.80. The standard InChI is InChI=1S/C15H30N2O4/c1-5-6-11-20-13(18)12(9-7-8-10-16)17-14(19)21-15(2,3)4/h12H,5-11,16H2,1-4H3,(H,17,19)/t12-/m0/s1. The van der Waals surface area contributed by atoms with Crippen molar-refractivity contribution >= 4 is 12.1 Å². The number of rotatable bonds is 9. The number of hydrogen-bond acceptors (Lipinski definition) is 5. The lowest BCUT2D eigenvalue weighted by Gasteiger charge is -2.23. The van der Waals surface area contributed by atoms with Crippen LogP contribution in [0.15, 0.2) is 0 Å². The van der Waals surface area contributed by atoms with E-state index in [1.807, 2.05) is 6.92 Å². The number of unbranched alkanes of at least 4 members (excludes halogenated alkanes) is 2. The van der Waals surface area contributed by atoms with E-state index in [4.69, 9.17) is 15.2 Å². The van der Waals surface area contributed by atoms with Crippen LogP contribution in [0.2, 0.25) is 0 Å². The molecule has 3 N–H and O–H groups in total. The van der Waals surface area contributed by atoms with Crippen LogP contribution in [0, 0.1) is 0 Å². The van der Waals surface area contributed by atoms with E-state index >= 15 is 0 Å². The molecule has 0 aliphatic heterocycles. The van der Waals surface area contributed by atoms with Crippen LogP contribution < -0.4 is 11.1 Å². The van der Waals surface area contributed by atoms with Crippen molar-refractivity contribution in [3.63, 3.8) is 0 Å². The van der Waals surface area contributed by atoms with Crippen LogP contribution >= 0.6 is 0 Å². The summed E-state index contributed by atoms with van der Waals surface area (Å²) in [7, 11) is 0. The Morgan fingerprint density at radius 3 is 2.38 bits per heavy atom. The van der Waals surface area contributed by atoms with E-state index < -0.39 is 23.7 Å². The summed E-state index contributed by atoms with van der Waals surface area (Å²) in [6.45, 7) is 8.27. The number of alkyl carbamates (subject to hydrolysis) is 1. The van der Waals surface area contributed by atoms with Gasteiger partial charge < -0.3 is 20.5 Å². The van der Waals surface area contributed by atoms with Crippen LogP contribution in [-0.2, 0) is 14.3 Å². The molecule has 0 spiro atoms. The molecule has 21 heavy (non-hydrogen) atoms. The van der Waals surface area contributed by atoms with Crippen molar-refractivity contribution < 1.29 is 19.1 Å². The average molecular weight is 302 g/mol. The maximum Gasteiger partial charge on any atom is 0.408 e. The van der Waals surface area contributed by atoms with Gasteiger partial charge in [-0.25, -0.2) is 9.59 Å². The molecule has 0 radical (unpaired) electrons. The number of esters is 1. The number of nitrogens with two attached hydrogens (primary N) is 1. The minimum atomic E-state index is -0.678. The second-order valence-electron chi connectivity index (χ2n) is 6.00. The van der Waals surface area contributed by atoms with Gasteiger partial charge in [-0.05, 0) is 53.0 Å². The quantitative estimate of drug-likeness (QED) is 0.504. The second-order valence-corrected chi connectivity index (χ2v) is 6.00. The lowest BCUT2D eigenvalue weighted by atomic mass is 10.1. The number of carbonyl (C=O) groups excluding carboxylic acids is 2. The number of ether oxygens (including phenoxy) is 2. The molecule has 124 valence electrons. The lowest BCUT2D eigenvalue weighted by Crippen LogP contribution is -2.44. The highest BCUT2D eigenvalue weighted by molar-refractivity contribution is 5.81. The zero-order valence-electron chi connectivity index (χ0n) is 13.7. The van der Waals surface area contributed by atoms with E-state index in [9.17, 15) is 9.59 Å². The fourth-order valence-corrected chi connectivity index (χ4v) is 1.61. The molecule has 6 nitrogen and oxygen atoms in total. The van der Waals surface area contributed by atoms with Crippen molar-refractivity contribution in [3.8, 4) is 0 Å². The van der Waals surface area contributed by atoms with Gasteiger partial charge in [0.1, 0.15) is 11.6 Å². The Kier molecular flexibility index (Phi) is 9.78. The Hall–Kier alpha value is -1.30. The van der Waals surface area contributed by atoms with Gasteiger partial charge in [-0.15, -0.1) is 0 Å². The summed E-state index contributed by atoms with van der Waals surface area (Å²) in [6.07, 6.45) is 3.21. The van der Waals surface area contributed by atoms with Gasteiger partial charge in [0.2, 0.25) is 0 Å². The van der Waals surface area contributed by atoms with Gasteiger partial charge in [0.15, 0.2) is 0 Å². The van der Waals surface area contributed by atoms with E-state index in [2.05, 4.69) is 5.32 Å². The summed E-state index contributed by atoms with van der Waals surface area (Å²) >= 11 is 0. The zero-order chi connectivity index (χ0) is 16.3. The van der Waals surface area contributed by atoms with Crippen LogP contribution in [-0.4, -0.2) is 36.9 Å². The van der Waals surface area contributed by atoms with Crippen molar-refractivity contribution in [2.45, 2.75) is 71.4 Å². The van der Waals surface area contributed by atoms with Gasteiger partial charge in [-0.2, -0.15) is 0 Å². The molecule has 1 amide bonds. The minimum absolute atomic E-state index is 0.374. The lowest BCUT2D eigenvalue weighted by molar-refractivity contribution is -0.146. The van der Waals surface area contributed by atoms with E-state index in [0.717, 1.165) is 25.7 Å². The highest BCUT2D eigenvalue weighted by Gasteiger charge is 2.25. The first-order valence-electron chi connectivity index (χ1n) is 7.66. The molecule has 0 bridgehead atoms. The first-order valence-corrected chi connectivity index (χ1v) is 7.66. The fourth-order valence-electron chi connectivity index (χ4n) is 1.61. The number of hydrogen-bond donors (Lipinski definition) is 2. The van der Waals surface area contributed by atoms with Crippen molar-refractivity contribution in [3.05, 3.63) is 0 Å². The SMILES string of the molecule is CCCCOC(=O)[C@H](CCCCN)NC(=O)OC(C)(C)C. The highest BCUT2D eigenvalue weighted by atomic mass is 16.6. The van der Waals surface area contributed by atoms with Gasteiger partial charge in [-0.3, -0.25) is 0 Å². The third-order valence-corrected chi connectivity index (χ3v) is 2.66. The summed E-state index contributed by atoms with van der Waals surface area (Å²) in [5, 5.41) is 2.58. The van der Waals surface area contributed by atoms with E-state index in [1.54, 1.807) is 20.8 Å². The monoisotopic (exact) mass is 302 g/mol. The van der Waals surface area contributed by atoms with Crippen molar-refractivity contribution in [2.24, 2.45) is 5.73 Å². The Morgan fingerprint density at radius 2 is 1.86 bits per heavy atom. The maximum absolute atomic E-state index is 12.0. The van der Waals surface area contributed by atoms with Gasteiger partial charge in [0.25, 0.3) is 0 Å². The Labute approximate surface area is 127 Å². The molecule has 0 unspecified atom stereocenters. The van der Waals surface area contributed by atoms with Gasteiger partial charge in [0, 0.05) is 0 Å². The van der Waals surface area contributed by atoms with E-state index in [0.29, 0.717) is 19.6 Å². The number of nitrogens with one attached hydrogen (secondary N) is 1. The first kappa shape index (κ1) is 19.7. The zero-order valence-corrected chi connectivity index (χ0v) is 13.7. The summed E-state index contributed by atoms with van der Waals surface area (Å²) in [5.74, 6) is -0.411. The smallest absolute Gasteiger partial charge is 0.408 e. The summed E-state index contributed by atoms with van der Waals surface area (Å²) < 4.78 is 10.3. The summed E-state index contributed by atoms with van der Waals surface area (Å²) in [6, 6.07) is -0.678. The molecule has 0 aliphatic carbocycles. The van der Waals surface area contributed by atoms with Crippen LogP contribution in [0.5, 0.6) is 0 Å². The molecule has 0 rings (SSSR count). The molecule has 0 aromatic rings. The van der Waals surface area contributed by atoms with Crippen molar-refractivity contribution in [1.29, 1.82) is 0 Å². The van der Waals surface area contributed by atoms with E-state index in [1.165, 1.54) is 0 Å². The van der Waals surface area contributed by atoms with Crippen LogP contribution in [0.1, 0.15) is 59.8 Å². The third-order valence-electron chi connectivity index (χ3n) is 2.66. The predicted octanol–water partition coefficient (Wildman–Crippen LogP) is 2.35. The minimum Gasteiger partial charge on any atom is -0.464 e. The van der Waals surface area contributed by atoms with Crippen molar-refractivity contribution in [1.82, 2.24) is 5.32 Å². The third kappa shape index (κ3) is 11.1. The molecule has 0 fully saturated rings. The van der Waals surface area contributed by atoms with Crippen molar-refractivity contribution in [2.75, 3.05) is 13.2 Å².